The van der Waals surface area contributed by atoms with Crippen LogP contribution in [-0.4, -0.2) is 30.9 Å². The van der Waals surface area contributed by atoms with Gasteiger partial charge in [-0.25, -0.2) is 0 Å². The number of carbonyl (C=O) groups is 1. The molecular weight excluding hydrogens is 359 g/mol. The molecule has 5 nitrogen and oxygen atoms in total. The molecule has 8 heteroatoms. The number of halogens is 3. The lowest BCUT2D eigenvalue weighted by Gasteiger charge is -2.33. The van der Waals surface area contributed by atoms with Crippen LogP contribution in [0.25, 0.3) is 0 Å². The zero-order chi connectivity index (χ0) is 20.2. The number of furan rings is 1. The zero-order valence-corrected chi connectivity index (χ0v) is 15.2. The summed E-state index contributed by atoms with van der Waals surface area (Å²) in [5.74, 6) is 0.278. The first-order chi connectivity index (χ1) is 12.7. The van der Waals surface area contributed by atoms with Crippen LogP contribution in [0.5, 0.6) is 0 Å². The molecule has 1 unspecified atom stereocenters. The van der Waals surface area contributed by atoms with Gasteiger partial charge in [-0.05, 0) is 36.8 Å². The second-order valence-electron chi connectivity index (χ2n) is 6.20. The van der Waals surface area contributed by atoms with E-state index in [0.29, 0.717) is 12.2 Å². The fourth-order valence-electron chi connectivity index (χ4n) is 2.82. The van der Waals surface area contributed by atoms with Crippen molar-refractivity contribution in [2.24, 2.45) is 0 Å². The average molecular weight is 379 g/mol. The van der Waals surface area contributed by atoms with Crippen LogP contribution >= 0.6 is 0 Å². The number of nitriles is 1. The summed E-state index contributed by atoms with van der Waals surface area (Å²) in [7, 11) is 3.19. The van der Waals surface area contributed by atoms with Crippen molar-refractivity contribution in [3.63, 3.8) is 0 Å². The van der Waals surface area contributed by atoms with Crippen LogP contribution in [0.3, 0.4) is 0 Å². The number of nitrogens with zero attached hydrogens (tertiary/aromatic N) is 3. The zero-order valence-electron chi connectivity index (χ0n) is 15.2. The molecule has 0 N–H and O–H groups in total. The smallest absolute Gasteiger partial charge is 0.417 e. The van der Waals surface area contributed by atoms with Crippen molar-refractivity contribution in [1.82, 2.24) is 4.90 Å². The second kappa shape index (κ2) is 8.16. The summed E-state index contributed by atoms with van der Waals surface area (Å²) in [6.07, 6.45) is -2.83. The van der Waals surface area contributed by atoms with Gasteiger partial charge < -0.3 is 14.2 Å². The van der Waals surface area contributed by atoms with E-state index in [9.17, 15) is 18.0 Å². The molecule has 0 fully saturated rings. The molecule has 0 aliphatic rings. The number of likely N-dealkylation sites (N-methyl/N-ethyl adjacent to an activating group) is 1. The molecular formula is C19H20F3N3O2. The van der Waals surface area contributed by atoms with Gasteiger partial charge in [-0.15, -0.1) is 0 Å². The fourth-order valence-corrected chi connectivity index (χ4v) is 2.82. The number of amides is 1. The Morgan fingerprint density at radius 2 is 2.00 bits per heavy atom. The predicted molar refractivity (Wildman–Crippen MR) is 93.8 cm³/mol. The molecule has 27 heavy (non-hydrogen) atoms. The van der Waals surface area contributed by atoms with Gasteiger partial charge in [0.2, 0.25) is 5.91 Å². The standard InChI is InChI=1S/C19H20F3N3O2/c1-4-17(18(26)24(2)3)25(12-15-6-5-9-27-15)14-8-7-13(11-23)16(10-14)19(20,21)22/h5-10,17H,4,12H2,1-3H3. The summed E-state index contributed by atoms with van der Waals surface area (Å²) in [6, 6.07) is 7.70. The minimum absolute atomic E-state index is 0.119. The SMILES string of the molecule is CCC(C(=O)N(C)C)N(Cc1ccco1)c1ccc(C#N)c(C(F)(F)F)c1. The Hall–Kier alpha value is -2.95. The number of carbonyl (C=O) groups excluding carboxylic acids is 1. The third-order valence-electron chi connectivity index (χ3n) is 4.16. The number of alkyl halides is 3. The first kappa shape index (κ1) is 20.4. The first-order valence-electron chi connectivity index (χ1n) is 8.30. The van der Waals surface area contributed by atoms with Gasteiger partial charge in [-0.3, -0.25) is 4.79 Å². The summed E-state index contributed by atoms with van der Waals surface area (Å²) in [4.78, 5) is 15.6. The summed E-state index contributed by atoms with van der Waals surface area (Å²) in [5, 5.41) is 9.00. The Bertz CT molecular complexity index is 824. The Morgan fingerprint density at radius 1 is 1.30 bits per heavy atom. The average Bonchev–Trinajstić information content (AvgIpc) is 3.13. The van der Waals surface area contributed by atoms with Gasteiger partial charge in [0.15, 0.2) is 0 Å². The number of rotatable bonds is 6. The molecule has 1 aromatic carbocycles. The minimum atomic E-state index is -4.68. The summed E-state index contributed by atoms with van der Waals surface area (Å²) in [5.41, 5.74) is -1.30. The summed E-state index contributed by atoms with van der Waals surface area (Å²) < 4.78 is 45.4. The van der Waals surface area contributed by atoms with Crippen molar-refractivity contribution in [3.8, 4) is 6.07 Å². The molecule has 1 heterocycles. The van der Waals surface area contributed by atoms with Crippen molar-refractivity contribution in [2.45, 2.75) is 32.1 Å². The van der Waals surface area contributed by atoms with Gasteiger partial charge >= 0.3 is 6.18 Å². The van der Waals surface area contributed by atoms with Crippen molar-refractivity contribution >= 4 is 11.6 Å². The van der Waals surface area contributed by atoms with E-state index >= 15 is 0 Å². The Kier molecular flexibility index (Phi) is 6.16. The lowest BCUT2D eigenvalue weighted by atomic mass is 10.0. The number of anilines is 1. The Morgan fingerprint density at radius 3 is 2.48 bits per heavy atom. The van der Waals surface area contributed by atoms with Gasteiger partial charge in [-0.1, -0.05) is 6.92 Å². The molecule has 2 rings (SSSR count). The van der Waals surface area contributed by atoms with Crippen molar-refractivity contribution in [2.75, 3.05) is 19.0 Å². The van der Waals surface area contributed by atoms with Crippen LogP contribution in [0.1, 0.15) is 30.2 Å². The monoisotopic (exact) mass is 379 g/mol. The highest BCUT2D eigenvalue weighted by atomic mass is 19.4. The highest BCUT2D eigenvalue weighted by Crippen LogP contribution is 2.35. The third kappa shape index (κ3) is 4.61. The van der Waals surface area contributed by atoms with Gasteiger partial charge in [0.05, 0.1) is 30.0 Å². The van der Waals surface area contributed by atoms with Crippen LogP contribution in [-0.2, 0) is 17.5 Å². The maximum Gasteiger partial charge on any atom is 0.417 e. The molecule has 0 aliphatic heterocycles. The minimum Gasteiger partial charge on any atom is -0.467 e. The third-order valence-corrected chi connectivity index (χ3v) is 4.16. The van der Waals surface area contributed by atoms with E-state index in [1.54, 1.807) is 44.1 Å². The maximum absolute atomic E-state index is 13.4. The quantitative estimate of drug-likeness (QED) is 0.760. The Balaban J connectivity index is 2.56. The number of hydrogen-bond donors (Lipinski definition) is 0. The van der Waals surface area contributed by atoms with E-state index in [1.165, 1.54) is 17.2 Å². The molecule has 144 valence electrons. The molecule has 2 aromatic rings. The maximum atomic E-state index is 13.4. The van der Waals surface area contributed by atoms with Gasteiger partial charge in [0, 0.05) is 19.8 Å². The topological polar surface area (TPSA) is 60.5 Å². The van der Waals surface area contributed by atoms with Crippen LogP contribution < -0.4 is 4.90 Å². The van der Waals surface area contributed by atoms with Crippen molar-refractivity contribution in [1.29, 1.82) is 5.26 Å². The van der Waals surface area contributed by atoms with E-state index < -0.39 is 23.3 Å². The fraction of sp³-hybridized carbons (Fsp3) is 0.368. The summed E-state index contributed by atoms with van der Waals surface area (Å²) >= 11 is 0. The number of hydrogen-bond acceptors (Lipinski definition) is 4. The Labute approximate surface area is 155 Å². The molecule has 1 aromatic heterocycles. The van der Waals surface area contributed by atoms with Gasteiger partial charge in [0.1, 0.15) is 11.8 Å². The molecule has 0 spiro atoms. The van der Waals surface area contributed by atoms with E-state index in [-0.39, 0.29) is 18.1 Å². The second-order valence-corrected chi connectivity index (χ2v) is 6.20. The molecule has 1 atom stereocenters. The lowest BCUT2D eigenvalue weighted by Crippen LogP contribution is -2.46. The van der Waals surface area contributed by atoms with Gasteiger partial charge in [0.25, 0.3) is 0 Å². The van der Waals surface area contributed by atoms with Crippen molar-refractivity contribution in [3.05, 3.63) is 53.5 Å². The van der Waals surface area contributed by atoms with Gasteiger partial charge in [-0.2, -0.15) is 18.4 Å². The van der Waals surface area contributed by atoms with Crippen LogP contribution in [0.15, 0.2) is 41.0 Å². The van der Waals surface area contributed by atoms with Crippen LogP contribution in [0.2, 0.25) is 0 Å². The van der Waals surface area contributed by atoms with Crippen LogP contribution in [0.4, 0.5) is 18.9 Å². The molecule has 1 amide bonds. The largest absolute Gasteiger partial charge is 0.467 e. The first-order valence-corrected chi connectivity index (χ1v) is 8.30. The van der Waals surface area contributed by atoms with Crippen LogP contribution in [0, 0.1) is 11.3 Å². The number of benzene rings is 1. The molecule has 0 radical (unpaired) electrons. The molecule has 0 saturated carbocycles. The summed E-state index contributed by atoms with van der Waals surface area (Å²) in [6.45, 7) is 1.91. The van der Waals surface area contributed by atoms with Crippen molar-refractivity contribution < 1.29 is 22.4 Å². The molecule has 0 saturated heterocycles. The molecule has 0 aliphatic carbocycles. The van der Waals surface area contributed by atoms with E-state index in [2.05, 4.69) is 0 Å². The highest BCUT2D eigenvalue weighted by Gasteiger charge is 2.35. The normalized spacial score (nSPS) is 12.3. The van der Waals surface area contributed by atoms with E-state index in [1.807, 2.05) is 0 Å². The van der Waals surface area contributed by atoms with E-state index in [0.717, 1.165) is 12.1 Å². The lowest BCUT2D eigenvalue weighted by molar-refractivity contribution is -0.137. The highest BCUT2D eigenvalue weighted by molar-refractivity contribution is 5.85. The molecule has 0 bridgehead atoms. The predicted octanol–water partition coefficient (Wildman–Crippen LogP) is 4.04. The van der Waals surface area contributed by atoms with E-state index in [4.69, 9.17) is 9.68 Å².